The number of carbonyl (C=O) groups excluding carboxylic acids is 3. The van der Waals surface area contributed by atoms with Gasteiger partial charge in [0.15, 0.2) is 6.61 Å². The summed E-state index contributed by atoms with van der Waals surface area (Å²) in [7, 11) is -1.31. The van der Waals surface area contributed by atoms with E-state index in [1.54, 1.807) is 49.4 Å². The fraction of sp³-hybridized carbons (Fsp3) is 0.211. The Morgan fingerprint density at radius 3 is 2.15 bits per heavy atom. The molecule has 0 aromatic heterocycles. The van der Waals surface area contributed by atoms with Gasteiger partial charge >= 0.3 is 5.97 Å². The van der Waals surface area contributed by atoms with Gasteiger partial charge < -0.3 is 15.4 Å². The third-order valence-corrected chi connectivity index (χ3v) is 4.81. The van der Waals surface area contributed by atoms with Crippen LogP contribution in [0.1, 0.15) is 24.2 Å². The van der Waals surface area contributed by atoms with E-state index in [1.807, 2.05) is 0 Å². The Kier molecular flexibility index (Phi) is 7.25. The lowest BCUT2D eigenvalue weighted by atomic mass is 10.2. The molecule has 0 aliphatic rings. The zero-order valence-corrected chi connectivity index (χ0v) is 15.8. The number of amides is 2. The Labute approximate surface area is 159 Å². The molecule has 2 aromatic carbocycles. The molecule has 142 valence electrons. The summed E-state index contributed by atoms with van der Waals surface area (Å²) in [4.78, 5) is 35.5. The molecular formula is C19H20N2O5S. The summed E-state index contributed by atoms with van der Waals surface area (Å²) in [6.07, 6.45) is 0. The quantitative estimate of drug-likeness (QED) is 0.710. The van der Waals surface area contributed by atoms with E-state index in [9.17, 15) is 18.6 Å². The van der Waals surface area contributed by atoms with Gasteiger partial charge in [-0.25, -0.2) is 4.79 Å². The minimum Gasteiger partial charge on any atom is -0.452 e. The largest absolute Gasteiger partial charge is 0.452 e. The molecule has 2 rings (SSSR count). The molecule has 0 saturated carbocycles. The van der Waals surface area contributed by atoms with E-state index in [0.717, 1.165) is 0 Å². The maximum atomic E-state index is 12.2. The molecule has 0 saturated heterocycles. The molecule has 2 amide bonds. The second-order valence-corrected chi connectivity index (χ2v) is 7.22. The van der Waals surface area contributed by atoms with Crippen LogP contribution < -0.4 is 10.6 Å². The predicted molar refractivity (Wildman–Crippen MR) is 103 cm³/mol. The standard InChI is InChI=1S/C19H20N2O5S/c1-3-27(25)17-7-5-4-6-16(17)19(24)26-12-18(23)21-15-10-8-14(9-11-15)20-13(2)22/h4-11H,3,12H2,1-2H3,(H,20,22)(H,21,23)/t27-/m1/s1. The Balaban J connectivity index is 1.93. The van der Waals surface area contributed by atoms with E-state index in [1.165, 1.54) is 13.0 Å². The van der Waals surface area contributed by atoms with Gasteiger partial charge in [-0.15, -0.1) is 0 Å². The molecule has 27 heavy (non-hydrogen) atoms. The first kappa shape index (κ1) is 20.3. The molecule has 2 aromatic rings. The van der Waals surface area contributed by atoms with Crippen LogP contribution in [0.15, 0.2) is 53.4 Å². The van der Waals surface area contributed by atoms with Crippen molar-refractivity contribution >= 4 is 40.0 Å². The average Bonchev–Trinajstić information content (AvgIpc) is 2.66. The SMILES string of the molecule is CC[S@@](=O)c1ccccc1C(=O)OCC(=O)Nc1ccc(NC(C)=O)cc1. The zero-order valence-electron chi connectivity index (χ0n) is 15.0. The number of rotatable bonds is 7. The molecule has 0 spiro atoms. The highest BCUT2D eigenvalue weighted by Gasteiger charge is 2.17. The van der Waals surface area contributed by atoms with Gasteiger partial charge in [0.05, 0.1) is 21.3 Å². The molecule has 0 unspecified atom stereocenters. The second kappa shape index (κ2) is 9.63. The van der Waals surface area contributed by atoms with Gasteiger partial charge in [-0.2, -0.15) is 0 Å². The van der Waals surface area contributed by atoms with Crippen LogP contribution in [0.5, 0.6) is 0 Å². The highest BCUT2D eigenvalue weighted by molar-refractivity contribution is 7.85. The lowest BCUT2D eigenvalue weighted by molar-refractivity contribution is -0.119. The van der Waals surface area contributed by atoms with Crippen LogP contribution >= 0.6 is 0 Å². The molecule has 0 radical (unpaired) electrons. The number of benzene rings is 2. The van der Waals surface area contributed by atoms with Gasteiger partial charge in [-0.1, -0.05) is 19.1 Å². The number of carbonyl (C=O) groups is 3. The lowest BCUT2D eigenvalue weighted by Crippen LogP contribution is -2.21. The summed E-state index contributed by atoms with van der Waals surface area (Å²) in [6.45, 7) is 2.68. The fourth-order valence-electron chi connectivity index (χ4n) is 2.24. The van der Waals surface area contributed by atoms with Crippen molar-refractivity contribution < 1.29 is 23.3 Å². The van der Waals surface area contributed by atoms with Gasteiger partial charge in [0.2, 0.25) is 5.91 Å². The van der Waals surface area contributed by atoms with Crippen molar-refractivity contribution in [2.45, 2.75) is 18.7 Å². The maximum absolute atomic E-state index is 12.2. The zero-order chi connectivity index (χ0) is 19.8. The van der Waals surface area contributed by atoms with Gasteiger partial charge in [0.25, 0.3) is 5.91 Å². The Bertz CT molecular complexity index is 865. The first-order chi connectivity index (χ1) is 12.9. The number of hydrogen-bond donors (Lipinski definition) is 2. The van der Waals surface area contributed by atoms with Crippen molar-refractivity contribution in [1.82, 2.24) is 0 Å². The molecule has 0 aliphatic carbocycles. The van der Waals surface area contributed by atoms with Crippen molar-refractivity contribution in [1.29, 1.82) is 0 Å². The van der Waals surface area contributed by atoms with Crippen molar-refractivity contribution in [3.8, 4) is 0 Å². The van der Waals surface area contributed by atoms with Crippen molar-refractivity contribution in [2.24, 2.45) is 0 Å². The summed E-state index contributed by atoms with van der Waals surface area (Å²) < 4.78 is 17.0. The van der Waals surface area contributed by atoms with Crippen LogP contribution in [0.2, 0.25) is 0 Å². The lowest BCUT2D eigenvalue weighted by Gasteiger charge is -2.10. The van der Waals surface area contributed by atoms with E-state index in [0.29, 0.717) is 22.0 Å². The van der Waals surface area contributed by atoms with Gasteiger partial charge in [0, 0.05) is 24.1 Å². The molecule has 2 N–H and O–H groups in total. The molecule has 0 heterocycles. The molecule has 0 fully saturated rings. The van der Waals surface area contributed by atoms with E-state index < -0.39 is 29.3 Å². The summed E-state index contributed by atoms with van der Waals surface area (Å²) >= 11 is 0. The van der Waals surface area contributed by atoms with E-state index in [4.69, 9.17) is 4.74 Å². The maximum Gasteiger partial charge on any atom is 0.339 e. The van der Waals surface area contributed by atoms with Crippen LogP contribution in [0.4, 0.5) is 11.4 Å². The van der Waals surface area contributed by atoms with E-state index in [-0.39, 0.29) is 11.5 Å². The number of ether oxygens (including phenoxy) is 1. The normalized spacial score (nSPS) is 11.3. The van der Waals surface area contributed by atoms with Gasteiger partial charge in [-0.05, 0) is 36.4 Å². The van der Waals surface area contributed by atoms with Crippen LogP contribution in [-0.4, -0.2) is 34.4 Å². The van der Waals surface area contributed by atoms with Crippen LogP contribution in [0.3, 0.4) is 0 Å². The van der Waals surface area contributed by atoms with Crippen LogP contribution in [-0.2, 0) is 25.1 Å². The number of esters is 1. The topological polar surface area (TPSA) is 102 Å². The third-order valence-electron chi connectivity index (χ3n) is 3.44. The van der Waals surface area contributed by atoms with Gasteiger partial charge in [0.1, 0.15) is 0 Å². The van der Waals surface area contributed by atoms with Crippen LogP contribution in [0, 0.1) is 0 Å². The highest BCUT2D eigenvalue weighted by atomic mass is 32.2. The highest BCUT2D eigenvalue weighted by Crippen LogP contribution is 2.16. The Hall–Kier alpha value is -3.00. The van der Waals surface area contributed by atoms with Crippen LogP contribution in [0.25, 0.3) is 0 Å². The summed E-state index contributed by atoms with van der Waals surface area (Å²) in [6, 6.07) is 13.0. The Morgan fingerprint density at radius 1 is 0.963 bits per heavy atom. The molecule has 8 heteroatoms. The molecule has 7 nitrogen and oxygen atoms in total. The second-order valence-electron chi connectivity index (χ2n) is 5.51. The molecule has 0 bridgehead atoms. The predicted octanol–water partition coefficient (Wildman–Crippen LogP) is 2.57. The number of anilines is 2. The van der Waals surface area contributed by atoms with E-state index in [2.05, 4.69) is 10.6 Å². The Morgan fingerprint density at radius 2 is 1.56 bits per heavy atom. The fourth-order valence-corrected chi connectivity index (χ4v) is 3.17. The minimum atomic E-state index is -1.31. The van der Waals surface area contributed by atoms with Crippen molar-refractivity contribution in [2.75, 3.05) is 23.0 Å². The smallest absolute Gasteiger partial charge is 0.339 e. The minimum absolute atomic E-state index is 0.185. The summed E-state index contributed by atoms with van der Waals surface area (Å²) in [5.74, 6) is -1.03. The van der Waals surface area contributed by atoms with Gasteiger partial charge in [-0.3, -0.25) is 13.8 Å². The average molecular weight is 388 g/mol. The van der Waals surface area contributed by atoms with Crippen molar-refractivity contribution in [3.05, 3.63) is 54.1 Å². The third kappa shape index (κ3) is 6.03. The summed E-state index contributed by atoms with van der Waals surface area (Å²) in [5, 5.41) is 5.21. The molecule has 0 aliphatic heterocycles. The monoisotopic (exact) mass is 388 g/mol. The number of hydrogen-bond acceptors (Lipinski definition) is 5. The molecular weight excluding hydrogens is 368 g/mol. The van der Waals surface area contributed by atoms with Crippen molar-refractivity contribution in [3.63, 3.8) is 0 Å². The number of nitrogens with one attached hydrogen (secondary N) is 2. The first-order valence-electron chi connectivity index (χ1n) is 8.22. The summed E-state index contributed by atoms with van der Waals surface area (Å²) in [5.41, 5.74) is 1.29. The molecule has 1 atom stereocenters. The first-order valence-corrected chi connectivity index (χ1v) is 9.54. The van der Waals surface area contributed by atoms with E-state index >= 15 is 0 Å².